The molecule has 9 heteroatoms. The molecule has 3 heterocycles. The van der Waals surface area contributed by atoms with Crippen molar-refractivity contribution >= 4 is 29.1 Å². The molecule has 0 saturated carbocycles. The zero-order valence-corrected chi connectivity index (χ0v) is 14.5. The van der Waals surface area contributed by atoms with Gasteiger partial charge < -0.3 is 10.6 Å². The van der Waals surface area contributed by atoms with Gasteiger partial charge in [0.25, 0.3) is 5.91 Å². The molecule has 0 spiro atoms. The Hall–Kier alpha value is -3.26. The average molecular weight is 368 g/mol. The van der Waals surface area contributed by atoms with Crippen LogP contribution in [0.3, 0.4) is 0 Å². The highest BCUT2D eigenvalue weighted by molar-refractivity contribution is 6.30. The van der Waals surface area contributed by atoms with E-state index in [-0.39, 0.29) is 5.91 Å². The molecule has 130 valence electrons. The van der Waals surface area contributed by atoms with Crippen molar-refractivity contribution in [3.63, 3.8) is 0 Å². The molecule has 1 amide bonds. The number of nitrogens with one attached hydrogen (secondary N) is 2. The Labute approximate surface area is 153 Å². The van der Waals surface area contributed by atoms with E-state index in [0.717, 1.165) is 0 Å². The van der Waals surface area contributed by atoms with Gasteiger partial charge in [0.05, 0.1) is 11.3 Å². The van der Waals surface area contributed by atoms with Gasteiger partial charge in [-0.25, -0.2) is 0 Å². The highest BCUT2D eigenvalue weighted by Gasteiger charge is 2.34. The summed E-state index contributed by atoms with van der Waals surface area (Å²) >= 11 is 5.90. The lowest BCUT2D eigenvalue weighted by molar-refractivity contribution is -0.113. The molecular formula is C17H14ClN7O. The van der Waals surface area contributed by atoms with Crippen LogP contribution in [-0.4, -0.2) is 31.1 Å². The number of carbonyl (C=O) groups is 1. The first-order valence-corrected chi connectivity index (χ1v) is 8.25. The molecule has 0 bridgehead atoms. The number of carbonyl (C=O) groups excluding carboxylic acids is 1. The van der Waals surface area contributed by atoms with Crippen molar-refractivity contribution in [2.24, 2.45) is 0 Å². The summed E-state index contributed by atoms with van der Waals surface area (Å²) in [7, 11) is 0. The Morgan fingerprint density at radius 1 is 1.23 bits per heavy atom. The second-order valence-electron chi connectivity index (χ2n) is 5.73. The lowest BCUT2D eigenvalue weighted by Gasteiger charge is -2.27. The van der Waals surface area contributed by atoms with Crippen molar-refractivity contribution in [2.45, 2.75) is 13.0 Å². The molecule has 26 heavy (non-hydrogen) atoms. The van der Waals surface area contributed by atoms with Crippen molar-refractivity contribution in [3.8, 4) is 0 Å². The topological polar surface area (TPSA) is 97.6 Å². The molecule has 8 nitrogen and oxygen atoms in total. The largest absolute Gasteiger partial charge is 0.326 e. The predicted octanol–water partition coefficient (Wildman–Crippen LogP) is 2.65. The van der Waals surface area contributed by atoms with Gasteiger partial charge in [-0.15, -0.1) is 0 Å². The first kappa shape index (κ1) is 16.2. The van der Waals surface area contributed by atoms with Gasteiger partial charge in [-0.2, -0.15) is 4.68 Å². The number of pyridine rings is 1. The lowest BCUT2D eigenvalue weighted by atomic mass is 9.98. The van der Waals surface area contributed by atoms with Crippen molar-refractivity contribution < 1.29 is 4.79 Å². The highest BCUT2D eigenvalue weighted by atomic mass is 35.5. The first-order valence-electron chi connectivity index (χ1n) is 7.87. The van der Waals surface area contributed by atoms with Gasteiger partial charge in [0.15, 0.2) is 0 Å². The molecule has 0 fully saturated rings. The number of halogens is 1. The van der Waals surface area contributed by atoms with E-state index >= 15 is 0 Å². The molecule has 2 aromatic heterocycles. The Balaban J connectivity index is 1.74. The molecule has 0 aliphatic carbocycles. The molecule has 0 unspecified atom stereocenters. The third-order valence-electron chi connectivity index (χ3n) is 4.03. The van der Waals surface area contributed by atoms with Gasteiger partial charge in [-0.1, -0.05) is 22.8 Å². The number of aromatic nitrogens is 5. The summed E-state index contributed by atoms with van der Waals surface area (Å²) in [5, 5.41) is 18.2. The minimum Gasteiger partial charge on any atom is -0.326 e. The summed E-state index contributed by atoms with van der Waals surface area (Å²) in [4.78, 5) is 17.4. The van der Waals surface area contributed by atoms with Crippen LogP contribution in [0.5, 0.6) is 0 Å². The number of tetrazole rings is 1. The minimum atomic E-state index is -0.533. The Morgan fingerprint density at radius 3 is 2.77 bits per heavy atom. The first-order chi connectivity index (χ1) is 12.6. The monoisotopic (exact) mass is 367 g/mol. The van der Waals surface area contributed by atoms with E-state index in [9.17, 15) is 4.79 Å². The number of nitrogens with zero attached hydrogens (tertiary/aromatic N) is 5. The van der Waals surface area contributed by atoms with E-state index in [0.29, 0.717) is 33.6 Å². The van der Waals surface area contributed by atoms with E-state index < -0.39 is 6.04 Å². The summed E-state index contributed by atoms with van der Waals surface area (Å²) in [6.45, 7) is 1.81. The van der Waals surface area contributed by atoms with Crippen LogP contribution in [0.4, 0.5) is 11.6 Å². The summed E-state index contributed by atoms with van der Waals surface area (Å²) in [5.74, 6) is 0.190. The molecule has 0 radical (unpaired) electrons. The zero-order valence-electron chi connectivity index (χ0n) is 13.7. The summed E-state index contributed by atoms with van der Waals surface area (Å²) < 4.78 is 1.55. The summed E-state index contributed by atoms with van der Waals surface area (Å²) in [5.41, 5.74) is 2.46. The fourth-order valence-corrected chi connectivity index (χ4v) is 2.98. The van der Waals surface area contributed by atoms with E-state index in [1.54, 1.807) is 35.1 Å². The van der Waals surface area contributed by atoms with Crippen LogP contribution < -0.4 is 10.6 Å². The number of rotatable bonds is 3. The standard InChI is InChI=1S/C17H14ClN7O/c1-10-14(16(26)21-12-7-5-11(18)6-8-12)15(13-4-2-3-9-19-13)25-17(20-10)22-23-24-25/h2-9,15H,1H3,(H,21,26)(H,20,22,24)/t15-/m1/s1. The number of benzene rings is 1. The molecule has 0 saturated heterocycles. The molecule has 3 aromatic rings. The van der Waals surface area contributed by atoms with E-state index in [1.807, 2.05) is 25.1 Å². The fraction of sp³-hybridized carbons (Fsp3) is 0.118. The van der Waals surface area contributed by atoms with E-state index in [2.05, 4.69) is 31.1 Å². The maximum atomic E-state index is 13.0. The highest BCUT2D eigenvalue weighted by Crippen LogP contribution is 2.33. The number of hydrogen-bond donors (Lipinski definition) is 2. The smallest absolute Gasteiger partial charge is 0.255 e. The van der Waals surface area contributed by atoms with Crippen LogP contribution in [-0.2, 0) is 4.79 Å². The van der Waals surface area contributed by atoms with E-state index in [1.165, 1.54) is 0 Å². The third-order valence-corrected chi connectivity index (χ3v) is 4.28. The fourth-order valence-electron chi connectivity index (χ4n) is 2.85. The Bertz CT molecular complexity index is 982. The lowest BCUT2D eigenvalue weighted by Crippen LogP contribution is -2.32. The second kappa shape index (κ2) is 6.57. The van der Waals surface area contributed by atoms with Gasteiger partial charge >= 0.3 is 0 Å². The maximum Gasteiger partial charge on any atom is 0.255 e. The molecule has 1 aliphatic heterocycles. The van der Waals surface area contributed by atoms with Crippen LogP contribution in [0.2, 0.25) is 5.02 Å². The van der Waals surface area contributed by atoms with Gasteiger partial charge in [0.2, 0.25) is 5.95 Å². The number of allylic oxidation sites excluding steroid dienone is 1. The predicted molar refractivity (Wildman–Crippen MR) is 96.6 cm³/mol. The van der Waals surface area contributed by atoms with Crippen LogP contribution >= 0.6 is 11.6 Å². The van der Waals surface area contributed by atoms with Crippen LogP contribution in [0.15, 0.2) is 59.9 Å². The second-order valence-corrected chi connectivity index (χ2v) is 6.17. The van der Waals surface area contributed by atoms with Crippen LogP contribution in [0.25, 0.3) is 0 Å². The SMILES string of the molecule is CC1=C(C(=O)Nc2ccc(Cl)cc2)[C@@H](c2ccccn2)n2nnnc2N1. The molecular weight excluding hydrogens is 354 g/mol. The number of hydrogen-bond acceptors (Lipinski definition) is 6. The molecule has 1 aliphatic rings. The number of fused-ring (bicyclic) bond motifs is 1. The van der Waals surface area contributed by atoms with Gasteiger partial charge in [0.1, 0.15) is 6.04 Å². The van der Waals surface area contributed by atoms with Gasteiger partial charge in [-0.3, -0.25) is 9.78 Å². The summed E-state index contributed by atoms with van der Waals surface area (Å²) in [6.07, 6.45) is 1.67. The normalized spacial score (nSPS) is 16.0. The van der Waals surface area contributed by atoms with Crippen LogP contribution in [0, 0.1) is 0 Å². The van der Waals surface area contributed by atoms with Crippen molar-refractivity contribution in [2.75, 3.05) is 10.6 Å². The van der Waals surface area contributed by atoms with Gasteiger partial charge in [-0.05, 0) is 53.7 Å². The Kier molecular flexibility index (Phi) is 4.10. The molecule has 1 aromatic carbocycles. The molecule has 4 rings (SSSR count). The van der Waals surface area contributed by atoms with Crippen molar-refractivity contribution in [3.05, 3.63) is 70.6 Å². The molecule has 1 atom stereocenters. The zero-order chi connectivity index (χ0) is 18.1. The number of anilines is 2. The Morgan fingerprint density at radius 2 is 2.04 bits per heavy atom. The average Bonchev–Trinajstić information content (AvgIpc) is 3.11. The van der Waals surface area contributed by atoms with E-state index in [4.69, 9.17) is 11.6 Å². The van der Waals surface area contributed by atoms with Crippen LogP contribution in [0.1, 0.15) is 18.7 Å². The maximum absolute atomic E-state index is 13.0. The number of amides is 1. The minimum absolute atomic E-state index is 0.269. The summed E-state index contributed by atoms with van der Waals surface area (Å²) in [6, 6.07) is 11.9. The third kappa shape index (κ3) is 2.91. The molecule has 2 N–H and O–H groups in total. The van der Waals surface area contributed by atoms with Crippen molar-refractivity contribution in [1.82, 2.24) is 25.2 Å². The van der Waals surface area contributed by atoms with Crippen molar-refractivity contribution in [1.29, 1.82) is 0 Å². The van der Waals surface area contributed by atoms with Gasteiger partial charge in [0, 0.05) is 22.6 Å². The quantitative estimate of drug-likeness (QED) is 0.738.